The van der Waals surface area contributed by atoms with Crippen molar-refractivity contribution in [3.05, 3.63) is 65.5 Å². The molecule has 138 valence electrons. The van der Waals surface area contributed by atoms with E-state index in [1.54, 1.807) is 12.1 Å². The fourth-order valence-electron chi connectivity index (χ4n) is 2.29. The summed E-state index contributed by atoms with van der Waals surface area (Å²) in [5.74, 6) is -1.29. The van der Waals surface area contributed by atoms with Crippen LogP contribution in [0, 0.1) is 5.82 Å². The first-order valence-electron chi connectivity index (χ1n) is 7.71. The van der Waals surface area contributed by atoms with Gasteiger partial charge in [-0.2, -0.15) is 0 Å². The summed E-state index contributed by atoms with van der Waals surface area (Å²) in [6.07, 6.45) is 1.14. The Labute approximate surface area is 151 Å². The molecule has 0 saturated heterocycles. The third-order valence-corrected chi connectivity index (χ3v) is 4.34. The van der Waals surface area contributed by atoms with E-state index < -0.39 is 21.6 Å². The lowest BCUT2D eigenvalue weighted by molar-refractivity contribution is -0.116. The van der Waals surface area contributed by atoms with E-state index in [-0.39, 0.29) is 18.2 Å². The smallest absolute Gasteiger partial charge is 0.254 e. The first-order valence-corrected chi connectivity index (χ1v) is 9.77. The first-order chi connectivity index (χ1) is 12.1. The summed E-state index contributed by atoms with van der Waals surface area (Å²) in [5.41, 5.74) is 1.36. The molecule has 0 atom stereocenters. The Kier molecular flexibility index (Phi) is 6.10. The van der Waals surface area contributed by atoms with E-state index in [4.69, 9.17) is 0 Å². The number of benzene rings is 2. The van der Waals surface area contributed by atoms with Crippen LogP contribution in [0.2, 0.25) is 0 Å². The number of nitrogens with zero attached hydrogens (tertiary/aromatic N) is 1. The largest absolute Gasteiger partial charge is 0.332 e. The molecule has 0 bridgehead atoms. The van der Waals surface area contributed by atoms with Gasteiger partial charge in [-0.25, -0.2) is 12.8 Å². The van der Waals surface area contributed by atoms with Gasteiger partial charge in [0.25, 0.3) is 5.91 Å². The Morgan fingerprint density at radius 2 is 1.62 bits per heavy atom. The molecule has 0 saturated carbocycles. The predicted molar refractivity (Wildman–Crippen MR) is 97.0 cm³/mol. The van der Waals surface area contributed by atoms with Crippen molar-refractivity contribution >= 4 is 27.3 Å². The van der Waals surface area contributed by atoms with Crippen molar-refractivity contribution in [1.82, 2.24) is 4.90 Å². The van der Waals surface area contributed by atoms with Crippen molar-refractivity contribution in [2.75, 3.05) is 25.2 Å². The third kappa shape index (κ3) is 5.96. The van der Waals surface area contributed by atoms with E-state index in [1.807, 2.05) is 0 Å². The van der Waals surface area contributed by atoms with Gasteiger partial charge in [-0.3, -0.25) is 9.59 Å². The van der Waals surface area contributed by atoms with E-state index in [1.165, 1.54) is 48.3 Å². The molecule has 0 aliphatic carbocycles. The summed E-state index contributed by atoms with van der Waals surface area (Å²) >= 11 is 0. The van der Waals surface area contributed by atoms with Crippen molar-refractivity contribution in [2.24, 2.45) is 0 Å². The molecule has 2 rings (SSSR count). The van der Waals surface area contributed by atoms with Gasteiger partial charge < -0.3 is 10.2 Å². The molecule has 0 radical (unpaired) electrons. The molecule has 1 N–H and O–H groups in total. The number of halogens is 1. The van der Waals surface area contributed by atoms with Crippen molar-refractivity contribution in [2.45, 2.75) is 5.75 Å². The second-order valence-electron chi connectivity index (χ2n) is 5.98. The molecule has 0 spiro atoms. The minimum absolute atomic E-state index is 0.0998. The van der Waals surface area contributed by atoms with E-state index in [9.17, 15) is 22.4 Å². The number of anilines is 1. The highest BCUT2D eigenvalue weighted by Crippen LogP contribution is 2.11. The van der Waals surface area contributed by atoms with Crippen LogP contribution in [0.4, 0.5) is 10.1 Å². The zero-order chi connectivity index (χ0) is 19.3. The van der Waals surface area contributed by atoms with Crippen molar-refractivity contribution in [1.29, 1.82) is 0 Å². The predicted octanol–water partition coefficient (Wildman–Crippen LogP) is 2.08. The van der Waals surface area contributed by atoms with Gasteiger partial charge in [-0.15, -0.1) is 0 Å². The van der Waals surface area contributed by atoms with Gasteiger partial charge in [-0.1, -0.05) is 12.1 Å². The molecule has 0 unspecified atom stereocenters. The van der Waals surface area contributed by atoms with Gasteiger partial charge in [0.05, 0.1) is 12.3 Å². The Balaban J connectivity index is 1.95. The zero-order valence-corrected chi connectivity index (χ0v) is 15.2. The number of sulfone groups is 1. The van der Waals surface area contributed by atoms with Crippen LogP contribution in [0.5, 0.6) is 0 Å². The molecule has 2 amide bonds. The summed E-state index contributed by atoms with van der Waals surface area (Å²) in [5, 5.41) is 2.58. The fraction of sp³-hybridized carbons (Fsp3) is 0.222. The summed E-state index contributed by atoms with van der Waals surface area (Å²) in [7, 11) is -1.66. The quantitative estimate of drug-likeness (QED) is 0.834. The minimum Gasteiger partial charge on any atom is -0.332 e. The van der Waals surface area contributed by atoms with Gasteiger partial charge in [-0.05, 0) is 42.0 Å². The number of nitrogens with one attached hydrogen (secondary N) is 1. The third-order valence-electron chi connectivity index (χ3n) is 3.49. The molecule has 0 heterocycles. The molecule has 0 aliphatic rings. The Morgan fingerprint density at radius 1 is 1.04 bits per heavy atom. The second kappa shape index (κ2) is 8.09. The molecule has 0 aliphatic heterocycles. The van der Waals surface area contributed by atoms with Crippen molar-refractivity contribution < 1.29 is 22.4 Å². The summed E-state index contributed by atoms with van der Waals surface area (Å²) in [4.78, 5) is 25.6. The fourth-order valence-corrected chi connectivity index (χ4v) is 3.09. The van der Waals surface area contributed by atoms with Crippen LogP contribution < -0.4 is 5.32 Å². The van der Waals surface area contributed by atoms with Crippen LogP contribution in [0.25, 0.3) is 0 Å². The van der Waals surface area contributed by atoms with Gasteiger partial charge >= 0.3 is 0 Å². The number of carbonyl (C=O) groups excluding carboxylic acids is 2. The normalized spacial score (nSPS) is 11.0. The Bertz CT molecular complexity index is 894. The lowest BCUT2D eigenvalue weighted by Crippen LogP contribution is -2.34. The highest BCUT2D eigenvalue weighted by molar-refractivity contribution is 7.89. The molecule has 26 heavy (non-hydrogen) atoms. The molecule has 2 aromatic rings. The van der Waals surface area contributed by atoms with Crippen molar-refractivity contribution in [3.63, 3.8) is 0 Å². The SMILES string of the molecule is CN(CC(=O)Nc1ccc(F)cc1)C(=O)c1ccc(CS(C)(=O)=O)cc1. The standard InChI is InChI=1S/C18H19FN2O4S/c1-21(11-17(22)20-16-9-7-15(19)8-10-16)18(23)14-5-3-13(4-6-14)12-26(2,24)25/h3-10H,11-12H2,1-2H3,(H,20,22). The molecular weight excluding hydrogens is 359 g/mol. The van der Waals surface area contributed by atoms with Gasteiger partial charge in [0.2, 0.25) is 5.91 Å². The summed E-state index contributed by atoms with van der Waals surface area (Å²) in [6.45, 7) is -0.179. The van der Waals surface area contributed by atoms with Crippen LogP contribution in [-0.2, 0) is 20.4 Å². The van der Waals surface area contributed by atoms with Crippen molar-refractivity contribution in [3.8, 4) is 0 Å². The Hall–Kier alpha value is -2.74. The Morgan fingerprint density at radius 3 is 2.15 bits per heavy atom. The average Bonchev–Trinajstić information content (AvgIpc) is 2.55. The molecule has 0 fully saturated rings. The number of hydrogen-bond acceptors (Lipinski definition) is 4. The van der Waals surface area contributed by atoms with Crippen LogP contribution in [0.15, 0.2) is 48.5 Å². The number of amides is 2. The van der Waals surface area contributed by atoms with Gasteiger partial charge in [0, 0.05) is 24.6 Å². The number of rotatable bonds is 6. The number of likely N-dealkylation sites (N-methyl/N-ethyl adjacent to an activating group) is 1. The zero-order valence-electron chi connectivity index (χ0n) is 14.4. The highest BCUT2D eigenvalue weighted by atomic mass is 32.2. The van der Waals surface area contributed by atoms with Crippen LogP contribution in [0.1, 0.15) is 15.9 Å². The average molecular weight is 378 g/mol. The van der Waals surface area contributed by atoms with Gasteiger partial charge in [0.15, 0.2) is 9.84 Å². The maximum absolute atomic E-state index is 12.8. The molecule has 8 heteroatoms. The van der Waals surface area contributed by atoms with Crippen LogP contribution >= 0.6 is 0 Å². The highest BCUT2D eigenvalue weighted by Gasteiger charge is 2.15. The van der Waals surface area contributed by atoms with E-state index >= 15 is 0 Å². The minimum atomic E-state index is -3.15. The van der Waals surface area contributed by atoms with E-state index in [2.05, 4.69) is 5.32 Å². The monoisotopic (exact) mass is 378 g/mol. The number of carbonyl (C=O) groups is 2. The summed E-state index contributed by atoms with van der Waals surface area (Å²) in [6, 6.07) is 11.5. The maximum atomic E-state index is 12.8. The topological polar surface area (TPSA) is 83.6 Å². The molecule has 0 aromatic heterocycles. The lowest BCUT2D eigenvalue weighted by atomic mass is 10.1. The van der Waals surface area contributed by atoms with Crippen LogP contribution in [0.3, 0.4) is 0 Å². The first kappa shape index (κ1) is 19.6. The maximum Gasteiger partial charge on any atom is 0.254 e. The van der Waals surface area contributed by atoms with E-state index in [0.717, 1.165) is 6.26 Å². The second-order valence-corrected chi connectivity index (χ2v) is 8.12. The molecular formula is C18H19FN2O4S. The van der Waals surface area contributed by atoms with Crippen LogP contribution in [-0.4, -0.2) is 45.0 Å². The van der Waals surface area contributed by atoms with Gasteiger partial charge in [0.1, 0.15) is 5.82 Å². The lowest BCUT2D eigenvalue weighted by Gasteiger charge is -2.17. The molecule has 6 nitrogen and oxygen atoms in total. The van der Waals surface area contributed by atoms with E-state index in [0.29, 0.717) is 16.8 Å². The number of hydrogen-bond donors (Lipinski definition) is 1. The molecule has 2 aromatic carbocycles. The summed E-state index contributed by atoms with van der Waals surface area (Å²) < 4.78 is 35.4.